The standard InChI is InChI=1S/C9H16O4/c1-6(2)7(5-9(12)13)3-4-8(10)11/h6-7H,3-5H2,1-2H3,(H,10,11)(H,12,13)/t7-/m1/s1. The molecular formula is C9H16O4. The predicted octanol–water partition coefficient (Wildman–Crippen LogP) is 1.60. The van der Waals surface area contributed by atoms with Crippen molar-refractivity contribution in [2.24, 2.45) is 11.8 Å². The van der Waals surface area contributed by atoms with Crippen molar-refractivity contribution in [2.75, 3.05) is 0 Å². The molecule has 76 valence electrons. The van der Waals surface area contributed by atoms with Gasteiger partial charge in [-0.25, -0.2) is 0 Å². The van der Waals surface area contributed by atoms with Gasteiger partial charge >= 0.3 is 11.9 Å². The highest BCUT2D eigenvalue weighted by molar-refractivity contribution is 5.68. The Labute approximate surface area is 77.6 Å². The Morgan fingerprint density at radius 2 is 1.69 bits per heavy atom. The van der Waals surface area contributed by atoms with Gasteiger partial charge in [0.05, 0.1) is 0 Å². The zero-order valence-electron chi connectivity index (χ0n) is 7.99. The van der Waals surface area contributed by atoms with Crippen molar-refractivity contribution in [3.05, 3.63) is 0 Å². The molecule has 0 rings (SSSR count). The summed E-state index contributed by atoms with van der Waals surface area (Å²) >= 11 is 0. The predicted molar refractivity (Wildman–Crippen MR) is 47.5 cm³/mol. The van der Waals surface area contributed by atoms with Gasteiger partial charge in [-0.15, -0.1) is 0 Å². The zero-order valence-corrected chi connectivity index (χ0v) is 7.99. The molecule has 0 aromatic heterocycles. The molecule has 0 aliphatic rings. The fraction of sp³-hybridized carbons (Fsp3) is 0.778. The zero-order chi connectivity index (χ0) is 10.4. The molecule has 0 saturated carbocycles. The van der Waals surface area contributed by atoms with E-state index in [4.69, 9.17) is 10.2 Å². The lowest BCUT2D eigenvalue weighted by Crippen LogP contribution is -2.15. The minimum Gasteiger partial charge on any atom is -0.481 e. The van der Waals surface area contributed by atoms with Gasteiger partial charge in [0.2, 0.25) is 0 Å². The van der Waals surface area contributed by atoms with Gasteiger partial charge in [0.1, 0.15) is 0 Å². The molecule has 0 aliphatic heterocycles. The molecule has 0 aliphatic carbocycles. The Hall–Kier alpha value is -1.06. The topological polar surface area (TPSA) is 74.6 Å². The van der Waals surface area contributed by atoms with E-state index in [0.29, 0.717) is 6.42 Å². The Morgan fingerprint density at radius 1 is 1.15 bits per heavy atom. The van der Waals surface area contributed by atoms with Gasteiger partial charge in [0.15, 0.2) is 0 Å². The maximum absolute atomic E-state index is 10.4. The summed E-state index contributed by atoms with van der Waals surface area (Å²) in [6, 6.07) is 0. The number of rotatable bonds is 6. The van der Waals surface area contributed by atoms with Crippen LogP contribution in [0.4, 0.5) is 0 Å². The number of carbonyl (C=O) groups is 2. The van der Waals surface area contributed by atoms with Crippen LogP contribution in [0.3, 0.4) is 0 Å². The highest BCUT2D eigenvalue weighted by atomic mass is 16.4. The third-order valence-corrected chi connectivity index (χ3v) is 2.11. The van der Waals surface area contributed by atoms with Crippen LogP contribution in [0.15, 0.2) is 0 Å². The monoisotopic (exact) mass is 188 g/mol. The van der Waals surface area contributed by atoms with E-state index in [1.54, 1.807) is 0 Å². The maximum atomic E-state index is 10.4. The summed E-state index contributed by atoms with van der Waals surface area (Å²) in [7, 11) is 0. The summed E-state index contributed by atoms with van der Waals surface area (Å²) in [4.78, 5) is 20.7. The van der Waals surface area contributed by atoms with E-state index in [-0.39, 0.29) is 24.7 Å². The summed E-state index contributed by atoms with van der Waals surface area (Å²) in [6.45, 7) is 3.82. The molecule has 0 saturated heterocycles. The third kappa shape index (κ3) is 6.13. The third-order valence-electron chi connectivity index (χ3n) is 2.11. The average Bonchev–Trinajstić information content (AvgIpc) is 1.96. The molecule has 0 unspecified atom stereocenters. The minimum atomic E-state index is -0.865. The highest BCUT2D eigenvalue weighted by Gasteiger charge is 2.17. The van der Waals surface area contributed by atoms with E-state index in [0.717, 1.165) is 0 Å². The normalized spacial score (nSPS) is 12.8. The molecule has 0 bridgehead atoms. The first-order chi connectivity index (χ1) is 5.93. The first-order valence-electron chi connectivity index (χ1n) is 4.37. The van der Waals surface area contributed by atoms with Crippen LogP contribution in [-0.2, 0) is 9.59 Å². The maximum Gasteiger partial charge on any atom is 0.303 e. The summed E-state index contributed by atoms with van der Waals surface area (Å²) in [6.07, 6.45) is 0.556. The van der Waals surface area contributed by atoms with E-state index < -0.39 is 11.9 Å². The van der Waals surface area contributed by atoms with Crippen molar-refractivity contribution in [1.82, 2.24) is 0 Å². The van der Waals surface area contributed by atoms with Gasteiger partial charge in [-0.1, -0.05) is 13.8 Å². The smallest absolute Gasteiger partial charge is 0.303 e. The lowest BCUT2D eigenvalue weighted by atomic mass is 9.88. The highest BCUT2D eigenvalue weighted by Crippen LogP contribution is 2.20. The van der Waals surface area contributed by atoms with Crippen LogP contribution >= 0.6 is 0 Å². The van der Waals surface area contributed by atoms with Crippen molar-refractivity contribution >= 4 is 11.9 Å². The fourth-order valence-corrected chi connectivity index (χ4v) is 1.20. The molecule has 0 heterocycles. The largest absolute Gasteiger partial charge is 0.481 e. The van der Waals surface area contributed by atoms with Gasteiger partial charge in [-0.3, -0.25) is 9.59 Å². The molecule has 0 aromatic rings. The molecule has 2 N–H and O–H groups in total. The average molecular weight is 188 g/mol. The Bertz CT molecular complexity index is 186. The summed E-state index contributed by atoms with van der Waals surface area (Å²) in [5, 5.41) is 17.0. The number of hydrogen-bond acceptors (Lipinski definition) is 2. The number of carboxylic acid groups (broad SMARTS) is 2. The van der Waals surface area contributed by atoms with Crippen LogP contribution in [0.2, 0.25) is 0 Å². The Morgan fingerprint density at radius 3 is 2.00 bits per heavy atom. The molecule has 0 aromatic carbocycles. The molecule has 1 atom stereocenters. The van der Waals surface area contributed by atoms with Crippen molar-refractivity contribution in [3.63, 3.8) is 0 Å². The van der Waals surface area contributed by atoms with Crippen molar-refractivity contribution in [3.8, 4) is 0 Å². The van der Waals surface area contributed by atoms with Crippen LogP contribution in [0, 0.1) is 11.8 Å². The molecule has 0 fully saturated rings. The van der Waals surface area contributed by atoms with E-state index in [1.165, 1.54) is 0 Å². The fourth-order valence-electron chi connectivity index (χ4n) is 1.20. The summed E-state index contributed by atoms with van der Waals surface area (Å²) in [5.41, 5.74) is 0. The van der Waals surface area contributed by atoms with Gasteiger partial charge in [0.25, 0.3) is 0 Å². The Kier molecular flexibility index (Phi) is 5.11. The van der Waals surface area contributed by atoms with Gasteiger partial charge in [-0.2, -0.15) is 0 Å². The molecular weight excluding hydrogens is 172 g/mol. The second-order valence-corrected chi connectivity index (χ2v) is 3.53. The first kappa shape index (κ1) is 11.9. The number of hydrogen-bond donors (Lipinski definition) is 2. The second kappa shape index (κ2) is 5.56. The first-order valence-corrected chi connectivity index (χ1v) is 4.37. The van der Waals surface area contributed by atoms with Gasteiger partial charge < -0.3 is 10.2 Å². The van der Waals surface area contributed by atoms with Crippen molar-refractivity contribution in [1.29, 1.82) is 0 Å². The second-order valence-electron chi connectivity index (χ2n) is 3.53. The molecule has 0 amide bonds. The molecule has 13 heavy (non-hydrogen) atoms. The van der Waals surface area contributed by atoms with Crippen molar-refractivity contribution in [2.45, 2.75) is 33.1 Å². The Balaban J connectivity index is 3.95. The van der Waals surface area contributed by atoms with E-state index in [9.17, 15) is 9.59 Å². The quantitative estimate of drug-likeness (QED) is 0.663. The minimum absolute atomic E-state index is 0.0337. The van der Waals surface area contributed by atoms with Crippen molar-refractivity contribution < 1.29 is 19.8 Å². The molecule has 4 nitrogen and oxygen atoms in total. The van der Waals surface area contributed by atoms with Crippen LogP contribution in [-0.4, -0.2) is 22.2 Å². The summed E-state index contributed by atoms with van der Waals surface area (Å²) < 4.78 is 0. The summed E-state index contributed by atoms with van der Waals surface area (Å²) in [5.74, 6) is -1.54. The van der Waals surface area contributed by atoms with Gasteiger partial charge in [0, 0.05) is 12.8 Å². The van der Waals surface area contributed by atoms with Crippen LogP contribution in [0.25, 0.3) is 0 Å². The number of carboxylic acids is 2. The molecule has 0 spiro atoms. The van der Waals surface area contributed by atoms with Gasteiger partial charge in [-0.05, 0) is 18.3 Å². The van der Waals surface area contributed by atoms with E-state index >= 15 is 0 Å². The lowest BCUT2D eigenvalue weighted by molar-refractivity contribution is -0.140. The van der Waals surface area contributed by atoms with Crippen LogP contribution in [0.1, 0.15) is 33.1 Å². The molecule has 4 heteroatoms. The lowest BCUT2D eigenvalue weighted by Gasteiger charge is -2.17. The van der Waals surface area contributed by atoms with E-state index in [2.05, 4.69) is 0 Å². The van der Waals surface area contributed by atoms with Crippen LogP contribution < -0.4 is 0 Å². The molecule has 0 radical (unpaired) electrons. The van der Waals surface area contributed by atoms with Crippen LogP contribution in [0.5, 0.6) is 0 Å². The van der Waals surface area contributed by atoms with E-state index in [1.807, 2.05) is 13.8 Å². The SMILES string of the molecule is CC(C)[C@H](CCC(=O)O)CC(=O)O. The number of aliphatic carboxylic acids is 2.